The van der Waals surface area contributed by atoms with Crippen LogP contribution in [0.5, 0.6) is 0 Å². The van der Waals surface area contributed by atoms with Crippen LogP contribution < -0.4 is 5.32 Å². The van der Waals surface area contributed by atoms with Gasteiger partial charge in [-0.05, 0) is 26.2 Å². The van der Waals surface area contributed by atoms with Crippen molar-refractivity contribution in [3.05, 3.63) is 0 Å². The molecule has 4 nitrogen and oxygen atoms in total. The molecule has 1 atom stereocenters. The van der Waals surface area contributed by atoms with Crippen LogP contribution in [-0.2, 0) is 10.8 Å². The van der Waals surface area contributed by atoms with Gasteiger partial charge in [0.05, 0.1) is 6.07 Å². The second-order valence-electron chi connectivity index (χ2n) is 5.30. The Kier molecular flexibility index (Phi) is 4.18. The van der Waals surface area contributed by atoms with E-state index >= 15 is 0 Å². The highest BCUT2D eigenvalue weighted by atomic mass is 32.2. The summed E-state index contributed by atoms with van der Waals surface area (Å²) in [5, 5.41) is 12.7. The summed E-state index contributed by atoms with van der Waals surface area (Å²) in [5.41, 5.74) is -0.391. The Morgan fingerprint density at radius 3 is 2.65 bits per heavy atom. The van der Waals surface area contributed by atoms with Crippen LogP contribution in [0.15, 0.2) is 0 Å². The Morgan fingerprint density at radius 2 is 2.12 bits per heavy atom. The molecule has 2 rings (SSSR count). The van der Waals surface area contributed by atoms with Crippen LogP contribution >= 0.6 is 0 Å². The predicted molar refractivity (Wildman–Crippen MR) is 69.1 cm³/mol. The Balaban J connectivity index is 1.75. The standard InChI is InChI=1S/C12H21N3OS/c1-12(10-13,14-11-2-3-11)4-5-15-6-8-17(16)9-7-15/h11,14H,2-9H2,1H3. The smallest absolute Gasteiger partial charge is 0.105 e. The SMILES string of the molecule is CC(C#N)(CCN1CCS(=O)CC1)NC1CC1. The molecule has 1 aliphatic heterocycles. The number of hydrogen-bond acceptors (Lipinski definition) is 4. The summed E-state index contributed by atoms with van der Waals surface area (Å²) < 4.78 is 11.2. The molecule has 0 amide bonds. The summed E-state index contributed by atoms with van der Waals surface area (Å²) in [6.45, 7) is 4.75. The molecular formula is C12H21N3OS. The average molecular weight is 255 g/mol. The monoisotopic (exact) mass is 255 g/mol. The van der Waals surface area contributed by atoms with Gasteiger partial charge in [0.25, 0.3) is 0 Å². The van der Waals surface area contributed by atoms with E-state index in [2.05, 4.69) is 16.3 Å². The Bertz CT molecular complexity index is 327. The van der Waals surface area contributed by atoms with Gasteiger partial charge in [0.1, 0.15) is 5.54 Å². The molecule has 1 saturated carbocycles. The van der Waals surface area contributed by atoms with Gasteiger partial charge in [-0.15, -0.1) is 0 Å². The largest absolute Gasteiger partial charge is 0.301 e. The number of nitriles is 1. The number of rotatable bonds is 5. The zero-order valence-electron chi connectivity index (χ0n) is 10.4. The summed E-state index contributed by atoms with van der Waals surface area (Å²) in [6, 6.07) is 2.96. The number of nitrogens with one attached hydrogen (secondary N) is 1. The van der Waals surface area contributed by atoms with E-state index in [4.69, 9.17) is 0 Å². The van der Waals surface area contributed by atoms with Gasteiger partial charge in [-0.25, -0.2) is 0 Å². The third kappa shape index (κ3) is 4.06. The molecule has 96 valence electrons. The lowest BCUT2D eigenvalue weighted by Gasteiger charge is -2.30. The van der Waals surface area contributed by atoms with E-state index in [9.17, 15) is 9.47 Å². The van der Waals surface area contributed by atoms with Crippen molar-refractivity contribution < 1.29 is 4.21 Å². The molecule has 0 spiro atoms. The minimum Gasteiger partial charge on any atom is -0.301 e. The van der Waals surface area contributed by atoms with Crippen LogP contribution in [0.4, 0.5) is 0 Å². The lowest BCUT2D eigenvalue weighted by molar-refractivity contribution is 0.262. The maximum absolute atomic E-state index is 11.2. The molecule has 0 radical (unpaired) electrons. The van der Waals surface area contributed by atoms with Crippen molar-refractivity contribution in [1.29, 1.82) is 5.26 Å². The molecule has 1 saturated heterocycles. The molecule has 0 aromatic heterocycles. The molecule has 0 bridgehead atoms. The first kappa shape index (κ1) is 13.0. The molecule has 17 heavy (non-hydrogen) atoms. The third-order valence-corrected chi connectivity index (χ3v) is 4.82. The van der Waals surface area contributed by atoms with Crippen molar-refractivity contribution in [2.75, 3.05) is 31.1 Å². The van der Waals surface area contributed by atoms with Gasteiger partial charge >= 0.3 is 0 Å². The molecule has 2 aliphatic rings. The third-order valence-electron chi connectivity index (χ3n) is 3.55. The van der Waals surface area contributed by atoms with Gasteiger partial charge in [-0.3, -0.25) is 9.53 Å². The molecular weight excluding hydrogens is 234 g/mol. The van der Waals surface area contributed by atoms with Crippen molar-refractivity contribution in [2.24, 2.45) is 0 Å². The zero-order chi connectivity index (χ0) is 12.3. The first-order valence-corrected chi connectivity index (χ1v) is 7.86. The molecule has 1 aliphatic carbocycles. The molecule has 1 heterocycles. The van der Waals surface area contributed by atoms with Crippen LogP contribution in [0.25, 0.3) is 0 Å². The van der Waals surface area contributed by atoms with E-state index < -0.39 is 16.3 Å². The summed E-state index contributed by atoms with van der Waals surface area (Å²) in [5.74, 6) is 1.58. The lowest BCUT2D eigenvalue weighted by Crippen LogP contribution is -2.46. The van der Waals surface area contributed by atoms with E-state index in [0.29, 0.717) is 6.04 Å². The minimum absolute atomic E-state index is 0.391. The predicted octanol–water partition coefficient (Wildman–Crippen LogP) is 0.475. The van der Waals surface area contributed by atoms with E-state index in [-0.39, 0.29) is 0 Å². The Labute approximate surface area is 106 Å². The van der Waals surface area contributed by atoms with Crippen LogP contribution in [0, 0.1) is 11.3 Å². The fraction of sp³-hybridized carbons (Fsp3) is 0.917. The first-order chi connectivity index (χ1) is 8.11. The molecule has 5 heteroatoms. The van der Waals surface area contributed by atoms with E-state index in [1.165, 1.54) is 12.8 Å². The zero-order valence-corrected chi connectivity index (χ0v) is 11.3. The highest BCUT2D eigenvalue weighted by molar-refractivity contribution is 7.85. The van der Waals surface area contributed by atoms with Crippen LogP contribution in [0.1, 0.15) is 26.2 Å². The van der Waals surface area contributed by atoms with Gasteiger partial charge in [0.15, 0.2) is 0 Å². The molecule has 1 N–H and O–H groups in total. The summed E-state index contributed by atoms with van der Waals surface area (Å²) in [6.07, 6.45) is 3.27. The minimum atomic E-state index is -0.609. The van der Waals surface area contributed by atoms with Crippen molar-refractivity contribution in [3.8, 4) is 6.07 Å². The topological polar surface area (TPSA) is 56.1 Å². The molecule has 2 fully saturated rings. The number of hydrogen-bond donors (Lipinski definition) is 1. The van der Waals surface area contributed by atoms with Gasteiger partial charge in [0, 0.05) is 48.0 Å². The van der Waals surface area contributed by atoms with Crippen LogP contribution in [0.2, 0.25) is 0 Å². The van der Waals surface area contributed by atoms with E-state index in [1.807, 2.05) is 6.92 Å². The van der Waals surface area contributed by atoms with Crippen LogP contribution in [0.3, 0.4) is 0 Å². The van der Waals surface area contributed by atoms with Crippen molar-refractivity contribution in [1.82, 2.24) is 10.2 Å². The summed E-state index contributed by atoms with van der Waals surface area (Å²) in [7, 11) is -0.609. The highest BCUT2D eigenvalue weighted by Crippen LogP contribution is 2.24. The maximum Gasteiger partial charge on any atom is 0.105 e. The summed E-state index contributed by atoms with van der Waals surface area (Å²) in [4.78, 5) is 2.32. The molecule has 0 aromatic rings. The van der Waals surface area contributed by atoms with Crippen molar-refractivity contribution in [3.63, 3.8) is 0 Å². The fourth-order valence-corrected chi connectivity index (χ4v) is 3.25. The van der Waals surface area contributed by atoms with Gasteiger partial charge < -0.3 is 4.90 Å². The number of nitrogens with zero attached hydrogens (tertiary/aromatic N) is 2. The molecule has 0 aromatic carbocycles. The van der Waals surface area contributed by atoms with E-state index in [0.717, 1.165) is 37.6 Å². The van der Waals surface area contributed by atoms with Crippen molar-refractivity contribution >= 4 is 10.8 Å². The highest BCUT2D eigenvalue weighted by Gasteiger charge is 2.32. The summed E-state index contributed by atoms with van der Waals surface area (Å²) >= 11 is 0. The second-order valence-corrected chi connectivity index (χ2v) is 7.00. The fourth-order valence-electron chi connectivity index (χ4n) is 2.12. The van der Waals surface area contributed by atoms with Gasteiger partial charge in [-0.1, -0.05) is 0 Å². The average Bonchev–Trinajstić information content (AvgIpc) is 3.12. The normalized spacial score (nSPS) is 26.4. The Hall–Kier alpha value is -0.440. The second kappa shape index (κ2) is 5.47. The van der Waals surface area contributed by atoms with Gasteiger partial charge in [-0.2, -0.15) is 5.26 Å². The van der Waals surface area contributed by atoms with Crippen LogP contribution in [-0.4, -0.2) is 51.8 Å². The van der Waals surface area contributed by atoms with E-state index in [1.54, 1.807) is 0 Å². The quantitative estimate of drug-likeness (QED) is 0.776. The lowest BCUT2D eigenvalue weighted by atomic mass is 9.99. The maximum atomic E-state index is 11.2. The van der Waals surface area contributed by atoms with Crippen molar-refractivity contribution in [2.45, 2.75) is 37.8 Å². The molecule has 1 unspecified atom stereocenters. The Morgan fingerprint density at radius 1 is 1.47 bits per heavy atom. The first-order valence-electron chi connectivity index (χ1n) is 6.38. The van der Waals surface area contributed by atoms with Gasteiger partial charge in [0.2, 0.25) is 0 Å².